The van der Waals surface area contributed by atoms with Gasteiger partial charge in [0.1, 0.15) is 0 Å². The van der Waals surface area contributed by atoms with E-state index in [1.807, 2.05) is 17.0 Å². The second kappa shape index (κ2) is 7.83. The van der Waals surface area contributed by atoms with Crippen LogP contribution in [0.5, 0.6) is 11.5 Å². The summed E-state index contributed by atoms with van der Waals surface area (Å²) in [6.45, 7) is 1.65. The first kappa shape index (κ1) is 15.6. The number of ether oxygens (including phenoxy) is 2. The van der Waals surface area contributed by atoms with Gasteiger partial charge in [0, 0.05) is 19.6 Å². The highest BCUT2D eigenvalue weighted by Gasteiger charge is 2.12. The van der Waals surface area contributed by atoms with Crippen LogP contribution in [0.1, 0.15) is 5.56 Å². The van der Waals surface area contributed by atoms with Crippen molar-refractivity contribution in [2.45, 2.75) is 6.54 Å². The van der Waals surface area contributed by atoms with Crippen molar-refractivity contribution >= 4 is 5.69 Å². The molecule has 19 heavy (non-hydrogen) atoms. The van der Waals surface area contributed by atoms with E-state index < -0.39 is 0 Å². The molecule has 0 aromatic heterocycles. The molecule has 1 aromatic carbocycles. The number of aliphatic hydroxyl groups is 2. The monoisotopic (exact) mass is 270 g/mol. The average molecular weight is 270 g/mol. The number of aliphatic hydroxyl groups excluding tert-OH is 2. The minimum Gasteiger partial charge on any atom is -0.493 e. The maximum absolute atomic E-state index is 8.99. The molecule has 1 rings (SSSR count). The molecular formula is C13H22N2O4. The predicted octanol–water partition coefficient (Wildman–Crippen LogP) is 0.0726. The van der Waals surface area contributed by atoms with E-state index in [1.165, 1.54) is 7.11 Å². The molecule has 0 radical (unpaired) electrons. The molecule has 6 nitrogen and oxygen atoms in total. The molecule has 0 saturated carbocycles. The van der Waals surface area contributed by atoms with Gasteiger partial charge >= 0.3 is 0 Å². The van der Waals surface area contributed by atoms with E-state index >= 15 is 0 Å². The fraction of sp³-hybridized carbons (Fsp3) is 0.538. The number of nitrogens with zero attached hydrogens (tertiary/aromatic N) is 1. The number of anilines is 1. The Morgan fingerprint density at radius 2 is 1.74 bits per heavy atom. The Kier molecular flexibility index (Phi) is 6.41. The number of hydrogen-bond acceptors (Lipinski definition) is 6. The van der Waals surface area contributed by atoms with Crippen molar-refractivity contribution in [1.29, 1.82) is 0 Å². The third-order valence-corrected chi connectivity index (χ3v) is 2.81. The lowest BCUT2D eigenvalue weighted by atomic mass is 10.1. The van der Waals surface area contributed by atoms with Gasteiger partial charge in [-0.1, -0.05) is 0 Å². The van der Waals surface area contributed by atoms with E-state index in [2.05, 4.69) is 0 Å². The van der Waals surface area contributed by atoms with Crippen molar-refractivity contribution < 1.29 is 19.7 Å². The van der Waals surface area contributed by atoms with Crippen LogP contribution in [0, 0.1) is 0 Å². The first-order valence-electron chi connectivity index (χ1n) is 6.10. The lowest BCUT2D eigenvalue weighted by Gasteiger charge is -2.21. The molecular weight excluding hydrogens is 248 g/mol. The maximum atomic E-state index is 8.99. The second-order valence-corrected chi connectivity index (χ2v) is 4.14. The van der Waals surface area contributed by atoms with E-state index in [4.69, 9.17) is 25.4 Å². The quantitative estimate of drug-likeness (QED) is 0.580. The summed E-state index contributed by atoms with van der Waals surface area (Å²) >= 11 is 0. The van der Waals surface area contributed by atoms with Gasteiger partial charge in [0.15, 0.2) is 11.5 Å². The molecule has 0 amide bonds. The van der Waals surface area contributed by atoms with Crippen LogP contribution < -0.4 is 15.2 Å². The highest BCUT2D eigenvalue weighted by atomic mass is 16.5. The van der Waals surface area contributed by atoms with Gasteiger partial charge in [0.05, 0.1) is 33.1 Å². The zero-order chi connectivity index (χ0) is 14.3. The Morgan fingerprint density at radius 3 is 2.21 bits per heavy atom. The summed E-state index contributed by atoms with van der Waals surface area (Å²) in [7, 11) is 3.10. The number of nitrogen functional groups attached to an aromatic ring is 1. The summed E-state index contributed by atoms with van der Waals surface area (Å²) in [5.74, 6) is 1.09. The van der Waals surface area contributed by atoms with Crippen molar-refractivity contribution in [3.8, 4) is 11.5 Å². The average Bonchev–Trinajstić information content (AvgIpc) is 2.38. The Balaban J connectivity index is 2.91. The minimum atomic E-state index is 0.0444. The van der Waals surface area contributed by atoms with Crippen molar-refractivity contribution in [2.24, 2.45) is 0 Å². The molecule has 108 valence electrons. The molecule has 4 N–H and O–H groups in total. The van der Waals surface area contributed by atoms with E-state index in [1.54, 1.807) is 7.11 Å². The first-order valence-corrected chi connectivity index (χ1v) is 6.10. The molecule has 0 bridgehead atoms. The predicted molar refractivity (Wildman–Crippen MR) is 73.4 cm³/mol. The summed E-state index contributed by atoms with van der Waals surface area (Å²) < 4.78 is 10.4. The maximum Gasteiger partial charge on any atom is 0.183 e. The molecule has 0 heterocycles. The molecule has 0 atom stereocenters. The topological polar surface area (TPSA) is 88.2 Å². The van der Waals surface area contributed by atoms with Gasteiger partial charge in [-0.3, -0.25) is 4.90 Å². The summed E-state index contributed by atoms with van der Waals surface area (Å²) in [6.07, 6.45) is 0. The van der Waals surface area contributed by atoms with Gasteiger partial charge in [-0.2, -0.15) is 0 Å². The Bertz CT molecular complexity index is 392. The number of methoxy groups -OCH3 is 2. The third kappa shape index (κ3) is 4.27. The van der Waals surface area contributed by atoms with Crippen LogP contribution >= 0.6 is 0 Å². The fourth-order valence-corrected chi connectivity index (χ4v) is 1.96. The lowest BCUT2D eigenvalue weighted by molar-refractivity contribution is 0.156. The van der Waals surface area contributed by atoms with Crippen molar-refractivity contribution in [2.75, 3.05) is 46.3 Å². The zero-order valence-corrected chi connectivity index (χ0v) is 11.4. The number of hydrogen-bond donors (Lipinski definition) is 3. The summed E-state index contributed by atoms with van der Waals surface area (Å²) in [5.41, 5.74) is 7.36. The molecule has 0 saturated heterocycles. The Labute approximate surface area is 113 Å². The van der Waals surface area contributed by atoms with Gasteiger partial charge in [-0.05, 0) is 17.7 Å². The van der Waals surface area contributed by atoms with E-state index in [9.17, 15) is 0 Å². The van der Waals surface area contributed by atoms with Crippen molar-refractivity contribution in [1.82, 2.24) is 4.90 Å². The highest BCUT2D eigenvalue weighted by Crippen LogP contribution is 2.34. The van der Waals surface area contributed by atoms with Crippen LogP contribution in [-0.2, 0) is 6.54 Å². The minimum absolute atomic E-state index is 0.0444. The molecule has 1 aromatic rings. The smallest absolute Gasteiger partial charge is 0.183 e. The molecule has 0 aliphatic carbocycles. The van der Waals surface area contributed by atoms with Gasteiger partial charge in [-0.25, -0.2) is 0 Å². The first-order chi connectivity index (χ1) is 9.15. The molecule has 0 unspecified atom stereocenters. The molecule has 0 fully saturated rings. The SMILES string of the molecule is COc1cc(CN(CCO)CCO)cc(N)c1OC. The van der Waals surface area contributed by atoms with Crippen LogP contribution in [0.15, 0.2) is 12.1 Å². The molecule has 0 aliphatic heterocycles. The van der Waals surface area contributed by atoms with Crippen LogP contribution in [-0.4, -0.2) is 55.6 Å². The third-order valence-electron chi connectivity index (χ3n) is 2.81. The molecule has 0 spiro atoms. The number of benzene rings is 1. The van der Waals surface area contributed by atoms with Crippen molar-refractivity contribution in [3.05, 3.63) is 17.7 Å². The van der Waals surface area contributed by atoms with Crippen LogP contribution in [0.3, 0.4) is 0 Å². The van der Waals surface area contributed by atoms with Gasteiger partial charge in [0.2, 0.25) is 0 Å². The molecule has 6 heteroatoms. The zero-order valence-electron chi connectivity index (χ0n) is 11.4. The summed E-state index contributed by atoms with van der Waals surface area (Å²) in [6, 6.07) is 3.65. The fourth-order valence-electron chi connectivity index (χ4n) is 1.96. The highest BCUT2D eigenvalue weighted by molar-refractivity contribution is 5.62. The van der Waals surface area contributed by atoms with Gasteiger partial charge in [0.25, 0.3) is 0 Å². The Morgan fingerprint density at radius 1 is 1.11 bits per heavy atom. The number of nitrogens with two attached hydrogens (primary N) is 1. The van der Waals surface area contributed by atoms with E-state index in [0.29, 0.717) is 36.8 Å². The number of rotatable bonds is 8. The lowest BCUT2D eigenvalue weighted by Crippen LogP contribution is -2.29. The van der Waals surface area contributed by atoms with Crippen LogP contribution in [0.2, 0.25) is 0 Å². The van der Waals surface area contributed by atoms with E-state index in [0.717, 1.165) is 5.56 Å². The Hall–Kier alpha value is -1.50. The van der Waals surface area contributed by atoms with Gasteiger partial charge < -0.3 is 25.4 Å². The van der Waals surface area contributed by atoms with E-state index in [-0.39, 0.29) is 13.2 Å². The van der Waals surface area contributed by atoms with Crippen LogP contribution in [0.25, 0.3) is 0 Å². The summed E-state index contributed by atoms with van der Waals surface area (Å²) in [5, 5.41) is 18.0. The molecule has 0 aliphatic rings. The van der Waals surface area contributed by atoms with Gasteiger partial charge in [-0.15, -0.1) is 0 Å². The largest absolute Gasteiger partial charge is 0.493 e. The van der Waals surface area contributed by atoms with Crippen molar-refractivity contribution in [3.63, 3.8) is 0 Å². The summed E-state index contributed by atoms with van der Waals surface area (Å²) in [4.78, 5) is 1.93. The normalized spacial score (nSPS) is 10.8. The second-order valence-electron chi connectivity index (χ2n) is 4.14. The standard InChI is InChI=1S/C13H22N2O4/c1-18-12-8-10(7-11(14)13(12)19-2)9-15(3-5-16)4-6-17/h7-8,16-17H,3-6,9,14H2,1-2H3. The van der Waals surface area contributed by atoms with Crippen LogP contribution in [0.4, 0.5) is 5.69 Å².